The summed E-state index contributed by atoms with van der Waals surface area (Å²) in [5, 5.41) is 5.32. The van der Waals surface area contributed by atoms with Gasteiger partial charge < -0.3 is 15.5 Å². The van der Waals surface area contributed by atoms with E-state index in [-0.39, 0.29) is 17.7 Å². The first-order valence-corrected chi connectivity index (χ1v) is 9.19. The Labute approximate surface area is 165 Å². The zero-order valence-corrected chi connectivity index (χ0v) is 16.4. The molecule has 0 unspecified atom stereocenters. The van der Waals surface area contributed by atoms with Gasteiger partial charge in [-0.1, -0.05) is 12.1 Å². The number of carbonyl (C=O) groups excluding carboxylic acids is 3. The fourth-order valence-corrected chi connectivity index (χ4v) is 2.64. The summed E-state index contributed by atoms with van der Waals surface area (Å²) in [5.41, 5.74) is 2.57. The number of amides is 3. The van der Waals surface area contributed by atoms with E-state index in [9.17, 15) is 14.4 Å². The Bertz CT molecular complexity index is 852. The van der Waals surface area contributed by atoms with Gasteiger partial charge in [-0.25, -0.2) is 0 Å². The van der Waals surface area contributed by atoms with Gasteiger partial charge in [0.25, 0.3) is 11.8 Å². The van der Waals surface area contributed by atoms with Crippen LogP contribution in [0.3, 0.4) is 0 Å². The van der Waals surface area contributed by atoms with Crippen molar-refractivity contribution in [2.24, 2.45) is 0 Å². The van der Waals surface area contributed by atoms with Gasteiger partial charge in [0.05, 0.1) is 0 Å². The Hall–Kier alpha value is -3.41. The third-order valence-corrected chi connectivity index (χ3v) is 4.28. The van der Waals surface area contributed by atoms with E-state index in [1.807, 2.05) is 13.8 Å². The number of rotatable bonds is 7. The Morgan fingerprint density at radius 2 is 1.46 bits per heavy atom. The summed E-state index contributed by atoms with van der Waals surface area (Å²) in [7, 11) is 1.58. The molecule has 6 heteroatoms. The number of benzene rings is 2. The molecule has 2 N–H and O–H groups in total. The standard InChI is InChI=1S/C22H25N3O3/c1-4-25(5-2)22(28)18-11-13-19(14-12-18)24-20(26)15-8-16-6-9-17(10-7-16)21(27)23-3/h6-15H,4-5H2,1-3H3,(H,23,27)(H,24,26)/b15-8+. The first-order chi connectivity index (χ1) is 13.5. The van der Waals surface area contributed by atoms with Crippen LogP contribution in [0.15, 0.2) is 54.6 Å². The van der Waals surface area contributed by atoms with Gasteiger partial charge in [0.2, 0.25) is 5.91 Å². The summed E-state index contributed by atoms with van der Waals surface area (Å²) in [6, 6.07) is 13.8. The first-order valence-electron chi connectivity index (χ1n) is 9.19. The maximum atomic E-state index is 12.3. The smallest absolute Gasteiger partial charge is 0.253 e. The van der Waals surface area contributed by atoms with E-state index in [1.54, 1.807) is 66.6 Å². The molecule has 28 heavy (non-hydrogen) atoms. The number of carbonyl (C=O) groups is 3. The predicted octanol–water partition coefficient (Wildman–Crippen LogP) is 3.18. The fraction of sp³-hybridized carbons (Fsp3) is 0.227. The highest BCUT2D eigenvalue weighted by atomic mass is 16.2. The topological polar surface area (TPSA) is 78.5 Å². The molecule has 0 saturated heterocycles. The molecule has 0 radical (unpaired) electrons. The van der Waals surface area contributed by atoms with Crippen molar-refractivity contribution in [3.05, 3.63) is 71.3 Å². The van der Waals surface area contributed by atoms with Crippen LogP contribution in [-0.2, 0) is 4.79 Å². The fourth-order valence-electron chi connectivity index (χ4n) is 2.64. The number of hydrogen-bond donors (Lipinski definition) is 2. The first kappa shape index (κ1) is 20.9. The summed E-state index contributed by atoms with van der Waals surface area (Å²) in [6.45, 7) is 5.19. The molecule has 146 valence electrons. The Morgan fingerprint density at radius 1 is 0.893 bits per heavy atom. The van der Waals surface area contributed by atoms with Gasteiger partial charge in [0.15, 0.2) is 0 Å². The van der Waals surface area contributed by atoms with Gasteiger partial charge in [0.1, 0.15) is 0 Å². The lowest BCUT2D eigenvalue weighted by Gasteiger charge is -2.18. The number of anilines is 1. The summed E-state index contributed by atoms with van der Waals surface area (Å²) in [6.07, 6.45) is 3.09. The van der Waals surface area contributed by atoms with Crippen LogP contribution in [0.1, 0.15) is 40.1 Å². The zero-order valence-electron chi connectivity index (χ0n) is 16.4. The zero-order chi connectivity index (χ0) is 20.5. The molecule has 0 aliphatic heterocycles. The molecule has 2 aromatic carbocycles. The van der Waals surface area contributed by atoms with Crippen molar-refractivity contribution in [1.82, 2.24) is 10.2 Å². The van der Waals surface area contributed by atoms with Crippen molar-refractivity contribution >= 4 is 29.5 Å². The number of nitrogens with one attached hydrogen (secondary N) is 2. The molecule has 0 aliphatic carbocycles. The van der Waals surface area contributed by atoms with E-state index < -0.39 is 0 Å². The van der Waals surface area contributed by atoms with Crippen molar-refractivity contribution in [2.45, 2.75) is 13.8 Å². The number of hydrogen-bond acceptors (Lipinski definition) is 3. The third-order valence-electron chi connectivity index (χ3n) is 4.28. The molecule has 0 saturated carbocycles. The molecule has 0 fully saturated rings. The van der Waals surface area contributed by atoms with Crippen LogP contribution in [0.5, 0.6) is 0 Å². The minimum atomic E-state index is -0.279. The molecule has 2 aromatic rings. The lowest BCUT2D eigenvalue weighted by molar-refractivity contribution is -0.111. The SMILES string of the molecule is CCN(CC)C(=O)c1ccc(NC(=O)/C=C/c2ccc(C(=O)NC)cc2)cc1. The van der Waals surface area contributed by atoms with E-state index in [4.69, 9.17) is 0 Å². The van der Waals surface area contributed by atoms with Gasteiger partial charge in [-0.2, -0.15) is 0 Å². The second kappa shape index (κ2) is 10.1. The molecular weight excluding hydrogens is 354 g/mol. The van der Waals surface area contributed by atoms with Gasteiger partial charge in [-0.15, -0.1) is 0 Å². The average Bonchev–Trinajstić information content (AvgIpc) is 2.73. The highest BCUT2D eigenvalue weighted by Gasteiger charge is 2.12. The molecule has 3 amide bonds. The van der Waals surface area contributed by atoms with Crippen molar-refractivity contribution in [3.63, 3.8) is 0 Å². The van der Waals surface area contributed by atoms with E-state index >= 15 is 0 Å². The maximum Gasteiger partial charge on any atom is 0.253 e. The van der Waals surface area contributed by atoms with Crippen LogP contribution in [0.2, 0.25) is 0 Å². The average molecular weight is 379 g/mol. The van der Waals surface area contributed by atoms with Crippen LogP contribution < -0.4 is 10.6 Å². The van der Waals surface area contributed by atoms with E-state index in [2.05, 4.69) is 10.6 Å². The van der Waals surface area contributed by atoms with Crippen LogP contribution >= 0.6 is 0 Å². The van der Waals surface area contributed by atoms with E-state index in [1.165, 1.54) is 6.08 Å². The molecule has 0 bridgehead atoms. The highest BCUT2D eigenvalue weighted by Crippen LogP contribution is 2.12. The highest BCUT2D eigenvalue weighted by molar-refractivity contribution is 6.02. The van der Waals surface area contributed by atoms with Crippen LogP contribution in [0.4, 0.5) is 5.69 Å². The maximum absolute atomic E-state index is 12.3. The van der Waals surface area contributed by atoms with Crippen LogP contribution in [-0.4, -0.2) is 42.8 Å². The molecule has 0 heterocycles. The van der Waals surface area contributed by atoms with Crippen LogP contribution in [0.25, 0.3) is 6.08 Å². The minimum absolute atomic E-state index is 0.0250. The lowest BCUT2D eigenvalue weighted by Crippen LogP contribution is -2.30. The summed E-state index contributed by atoms with van der Waals surface area (Å²) >= 11 is 0. The van der Waals surface area contributed by atoms with Crippen molar-refractivity contribution in [1.29, 1.82) is 0 Å². The molecule has 6 nitrogen and oxygen atoms in total. The Morgan fingerprint density at radius 3 is 2.00 bits per heavy atom. The second-order valence-electron chi connectivity index (χ2n) is 6.08. The summed E-state index contributed by atoms with van der Waals surface area (Å²) < 4.78 is 0. The van der Waals surface area contributed by atoms with E-state index in [0.717, 1.165) is 5.56 Å². The molecular formula is C22H25N3O3. The summed E-state index contributed by atoms with van der Waals surface area (Å²) in [5.74, 6) is -0.461. The number of nitrogens with zero attached hydrogens (tertiary/aromatic N) is 1. The van der Waals surface area contributed by atoms with Gasteiger partial charge in [-0.3, -0.25) is 14.4 Å². The second-order valence-corrected chi connectivity index (χ2v) is 6.08. The normalized spacial score (nSPS) is 10.5. The quantitative estimate of drug-likeness (QED) is 0.725. The van der Waals surface area contributed by atoms with E-state index in [0.29, 0.717) is 29.9 Å². The lowest BCUT2D eigenvalue weighted by atomic mass is 10.1. The van der Waals surface area contributed by atoms with Crippen molar-refractivity contribution in [2.75, 3.05) is 25.5 Å². The molecule has 0 spiro atoms. The summed E-state index contributed by atoms with van der Waals surface area (Å²) in [4.78, 5) is 37.6. The monoisotopic (exact) mass is 379 g/mol. The van der Waals surface area contributed by atoms with Crippen LogP contribution in [0, 0.1) is 0 Å². The molecule has 0 aliphatic rings. The molecule has 0 aromatic heterocycles. The minimum Gasteiger partial charge on any atom is -0.355 e. The van der Waals surface area contributed by atoms with Gasteiger partial charge >= 0.3 is 0 Å². The van der Waals surface area contributed by atoms with Gasteiger partial charge in [-0.05, 0) is 61.9 Å². The van der Waals surface area contributed by atoms with Crippen molar-refractivity contribution < 1.29 is 14.4 Å². The molecule has 2 rings (SSSR count). The Balaban J connectivity index is 1.96. The largest absolute Gasteiger partial charge is 0.355 e. The Kier molecular flexibility index (Phi) is 7.51. The molecule has 0 atom stereocenters. The third kappa shape index (κ3) is 5.54. The predicted molar refractivity (Wildman–Crippen MR) is 111 cm³/mol. The van der Waals surface area contributed by atoms with Gasteiger partial charge in [0, 0.05) is 43.0 Å². The van der Waals surface area contributed by atoms with Crippen molar-refractivity contribution in [3.8, 4) is 0 Å².